The van der Waals surface area contributed by atoms with E-state index in [1.165, 1.54) is 0 Å². The molecule has 0 atom stereocenters. The highest BCUT2D eigenvalue weighted by molar-refractivity contribution is 6.30. The van der Waals surface area contributed by atoms with Gasteiger partial charge >= 0.3 is 6.15 Å². The maximum absolute atomic E-state index is 13.3. The molecule has 33 heavy (non-hydrogen) atoms. The third-order valence-electron chi connectivity index (χ3n) is 5.33. The normalized spacial score (nSPS) is 10.4. The largest absolute Gasteiger partial charge is 0.373 e. The predicted octanol–water partition coefficient (Wildman–Crippen LogP) is 5.63. The summed E-state index contributed by atoms with van der Waals surface area (Å²) in [7, 11) is 0. The summed E-state index contributed by atoms with van der Waals surface area (Å²) in [6.45, 7) is 4.13. The first-order valence-electron chi connectivity index (χ1n) is 11.2. The van der Waals surface area contributed by atoms with E-state index in [1.54, 1.807) is 16.7 Å². The molecule has 1 aromatic heterocycles. The molecule has 1 heterocycles. The van der Waals surface area contributed by atoms with E-state index >= 15 is 0 Å². The topological polar surface area (TPSA) is 86.1 Å². The van der Waals surface area contributed by atoms with Crippen LogP contribution in [0.4, 0.5) is 0 Å². The van der Waals surface area contributed by atoms with Gasteiger partial charge in [-0.2, -0.15) is 9.59 Å². The van der Waals surface area contributed by atoms with Crippen LogP contribution in [0.2, 0.25) is 5.02 Å². The van der Waals surface area contributed by atoms with Gasteiger partial charge in [0.05, 0.1) is 16.6 Å². The molecular weight excluding hydrogens is 440 g/mol. The predicted molar refractivity (Wildman–Crippen MR) is 129 cm³/mol. The summed E-state index contributed by atoms with van der Waals surface area (Å²) in [5.74, 6) is 1.04. The second-order valence-electron chi connectivity index (χ2n) is 7.96. The summed E-state index contributed by atoms with van der Waals surface area (Å²) >= 11 is 6.18. The van der Waals surface area contributed by atoms with Gasteiger partial charge in [0.2, 0.25) is 0 Å². The average molecular weight is 469 g/mol. The van der Waals surface area contributed by atoms with Crippen LogP contribution in [0.3, 0.4) is 0 Å². The number of unbranched alkanes of at least 4 members (excludes halogenated alkanes) is 3. The molecule has 0 fully saturated rings. The fraction of sp³-hybridized carbons (Fsp3) is 0.385. The Kier molecular flexibility index (Phi) is 10.7. The van der Waals surface area contributed by atoms with Crippen LogP contribution in [0.25, 0.3) is 16.6 Å². The number of rotatable bonds is 10. The zero-order chi connectivity index (χ0) is 24.2. The summed E-state index contributed by atoms with van der Waals surface area (Å²) < 4.78 is 1.66. The number of aryl methyl sites for hydroxylation is 2. The number of Topliss-reactive ketones (excluding diaryl/α,β-unsaturated/α-hetero) is 1. The Balaban J connectivity index is 0.00000122. The van der Waals surface area contributed by atoms with Crippen molar-refractivity contribution in [3.05, 3.63) is 69.2 Å². The van der Waals surface area contributed by atoms with Gasteiger partial charge in [0.1, 0.15) is 11.6 Å². The summed E-state index contributed by atoms with van der Waals surface area (Å²) in [6.07, 6.45) is 6.99. The van der Waals surface area contributed by atoms with Crippen molar-refractivity contribution in [3.8, 4) is 5.69 Å². The molecule has 3 aromatic rings. The molecule has 0 saturated carbocycles. The number of carbonyl (C=O) groups is 1. The molecule has 2 aromatic carbocycles. The average Bonchev–Trinajstić information content (AvgIpc) is 2.77. The maximum Gasteiger partial charge on any atom is 0.373 e. The fourth-order valence-corrected chi connectivity index (χ4v) is 3.88. The summed E-state index contributed by atoms with van der Waals surface area (Å²) in [5.41, 5.74) is 2.41. The Labute approximate surface area is 198 Å². The minimum atomic E-state index is -0.0899. The Morgan fingerprint density at radius 1 is 1.03 bits per heavy atom. The van der Waals surface area contributed by atoms with Gasteiger partial charge in [0.25, 0.3) is 5.56 Å². The van der Waals surface area contributed by atoms with E-state index in [0.29, 0.717) is 52.5 Å². The number of nitrogens with zero attached hydrogens (tertiary/aromatic N) is 2. The number of hydrogen-bond donors (Lipinski definition) is 0. The smallest absolute Gasteiger partial charge is 0.300 e. The first kappa shape index (κ1) is 26.2. The lowest BCUT2D eigenvalue weighted by Crippen LogP contribution is -2.24. The number of benzene rings is 2. The van der Waals surface area contributed by atoms with Gasteiger partial charge in [-0.1, -0.05) is 43.5 Å². The summed E-state index contributed by atoms with van der Waals surface area (Å²) in [4.78, 5) is 46.4. The van der Waals surface area contributed by atoms with Crippen molar-refractivity contribution < 1.29 is 14.4 Å². The minimum absolute atomic E-state index is 0.0899. The van der Waals surface area contributed by atoms with Gasteiger partial charge in [-0.05, 0) is 62.1 Å². The molecule has 7 heteroatoms. The number of ketones is 1. The standard InChI is InChI=1S/C25H29ClN2O2.CO2/c1-3-4-5-11-21(29)12-6-7-13-24-27-23-16-18(2)14-15-22(23)25(30)28(24)20-10-8-9-19(26)17-20;2-1-3/h8-10,14-17H,3-7,11-13H2,1-2H3;. The van der Waals surface area contributed by atoms with Gasteiger partial charge in [-0.15, -0.1) is 0 Å². The zero-order valence-electron chi connectivity index (χ0n) is 19.1. The molecule has 0 spiro atoms. The lowest BCUT2D eigenvalue weighted by atomic mass is 10.1. The number of halogens is 1. The Morgan fingerprint density at radius 3 is 2.39 bits per heavy atom. The molecule has 0 aliphatic carbocycles. The Morgan fingerprint density at radius 2 is 1.73 bits per heavy atom. The number of carbonyl (C=O) groups excluding carboxylic acids is 3. The van der Waals surface area contributed by atoms with Crippen LogP contribution in [-0.2, 0) is 20.8 Å². The molecule has 0 radical (unpaired) electrons. The molecule has 0 N–H and O–H groups in total. The Bertz CT molecular complexity index is 1180. The highest BCUT2D eigenvalue weighted by atomic mass is 35.5. The monoisotopic (exact) mass is 468 g/mol. The lowest BCUT2D eigenvalue weighted by Gasteiger charge is -2.14. The van der Waals surface area contributed by atoms with E-state index in [0.717, 1.165) is 37.7 Å². The van der Waals surface area contributed by atoms with Crippen molar-refractivity contribution in [2.75, 3.05) is 0 Å². The highest BCUT2D eigenvalue weighted by Crippen LogP contribution is 2.19. The summed E-state index contributed by atoms with van der Waals surface area (Å²) in [5, 5.41) is 1.17. The molecule has 174 valence electrons. The van der Waals surface area contributed by atoms with Crippen LogP contribution < -0.4 is 5.56 Å². The van der Waals surface area contributed by atoms with Gasteiger partial charge in [-0.3, -0.25) is 14.2 Å². The van der Waals surface area contributed by atoms with Gasteiger partial charge in [0, 0.05) is 24.3 Å². The van der Waals surface area contributed by atoms with E-state index in [2.05, 4.69) is 6.92 Å². The second kappa shape index (κ2) is 13.5. The molecule has 6 nitrogen and oxygen atoms in total. The van der Waals surface area contributed by atoms with Crippen molar-refractivity contribution in [2.45, 2.75) is 65.2 Å². The number of hydrogen-bond acceptors (Lipinski definition) is 5. The number of aromatic nitrogens is 2. The van der Waals surface area contributed by atoms with E-state index in [1.807, 2.05) is 37.3 Å². The maximum atomic E-state index is 13.3. The van der Waals surface area contributed by atoms with Crippen molar-refractivity contribution >= 4 is 34.4 Å². The fourth-order valence-electron chi connectivity index (χ4n) is 3.69. The van der Waals surface area contributed by atoms with Gasteiger partial charge < -0.3 is 0 Å². The van der Waals surface area contributed by atoms with Crippen molar-refractivity contribution in [1.29, 1.82) is 0 Å². The summed E-state index contributed by atoms with van der Waals surface area (Å²) in [6, 6.07) is 13.0. The van der Waals surface area contributed by atoms with E-state index in [9.17, 15) is 9.59 Å². The van der Waals surface area contributed by atoms with E-state index in [4.69, 9.17) is 26.2 Å². The van der Waals surface area contributed by atoms with Crippen LogP contribution in [0.5, 0.6) is 0 Å². The second-order valence-corrected chi connectivity index (χ2v) is 8.39. The lowest BCUT2D eigenvalue weighted by molar-refractivity contribution is -0.191. The molecule has 0 aliphatic rings. The van der Waals surface area contributed by atoms with Crippen LogP contribution in [0.15, 0.2) is 47.3 Å². The van der Waals surface area contributed by atoms with Crippen LogP contribution in [-0.4, -0.2) is 21.5 Å². The van der Waals surface area contributed by atoms with Crippen LogP contribution in [0.1, 0.15) is 63.3 Å². The Hall–Kier alpha value is -3.08. The molecule has 0 amide bonds. The first-order chi connectivity index (χ1) is 15.9. The van der Waals surface area contributed by atoms with Crippen LogP contribution in [0, 0.1) is 6.92 Å². The van der Waals surface area contributed by atoms with Crippen LogP contribution >= 0.6 is 11.6 Å². The van der Waals surface area contributed by atoms with E-state index in [-0.39, 0.29) is 11.7 Å². The highest BCUT2D eigenvalue weighted by Gasteiger charge is 2.13. The zero-order valence-corrected chi connectivity index (χ0v) is 19.9. The molecule has 0 saturated heterocycles. The SMILES string of the molecule is CCCCCC(=O)CCCCc1nc2cc(C)ccc2c(=O)n1-c1cccc(Cl)c1.O=C=O. The van der Waals surface area contributed by atoms with Gasteiger partial charge in [-0.25, -0.2) is 4.98 Å². The van der Waals surface area contributed by atoms with Crippen molar-refractivity contribution in [2.24, 2.45) is 0 Å². The molecule has 0 bridgehead atoms. The molecule has 0 unspecified atom stereocenters. The third kappa shape index (κ3) is 7.77. The first-order valence-corrected chi connectivity index (χ1v) is 11.6. The minimum Gasteiger partial charge on any atom is -0.300 e. The molecule has 3 rings (SSSR count). The van der Waals surface area contributed by atoms with Gasteiger partial charge in [0.15, 0.2) is 0 Å². The van der Waals surface area contributed by atoms with Crippen molar-refractivity contribution in [3.63, 3.8) is 0 Å². The quantitative estimate of drug-likeness (QED) is 0.360. The number of fused-ring (bicyclic) bond motifs is 1. The molecular formula is C26H29ClN2O4. The molecule has 0 aliphatic heterocycles. The van der Waals surface area contributed by atoms with E-state index < -0.39 is 0 Å². The van der Waals surface area contributed by atoms with Crippen molar-refractivity contribution in [1.82, 2.24) is 9.55 Å². The third-order valence-corrected chi connectivity index (χ3v) is 5.56.